The Morgan fingerprint density at radius 2 is 1.74 bits per heavy atom. The molecule has 2 saturated heterocycles. The van der Waals surface area contributed by atoms with Crippen molar-refractivity contribution in [3.05, 3.63) is 29.8 Å². The lowest BCUT2D eigenvalue weighted by Gasteiger charge is -2.23. The van der Waals surface area contributed by atoms with Gasteiger partial charge in [-0.15, -0.1) is 0 Å². The van der Waals surface area contributed by atoms with E-state index in [4.69, 9.17) is 14.2 Å². The molecule has 1 aromatic rings. The molecule has 1 N–H and O–H groups in total. The highest BCUT2D eigenvalue weighted by molar-refractivity contribution is 5.31. The monoisotopic (exact) mass is 263 g/mol. The van der Waals surface area contributed by atoms with Gasteiger partial charge in [0.25, 0.3) is 0 Å². The van der Waals surface area contributed by atoms with E-state index in [1.165, 1.54) is 5.56 Å². The molecular formula is C15H21NO3. The fourth-order valence-electron chi connectivity index (χ4n) is 3.03. The molecule has 1 aromatic carbocycles. The maximum atomic E-state index is 6.05. The van der Waals surface area contributed by atoms with Crippen LogP contribution in [0, 0.1) is 0 Å². The van der Waals surface area contributed by atoms with E-state index in [9.17, 15) is 0 Å². The number of ether oxygens (including phenoxy) is 3. The predicted octanol–water partition coefficient (Wildman–Crippen LogP) is 2.25. The predicted molar refractivity (Wildman–Crippen MR) is 72.2 cm³/mol. The highest BCUT2D eigenvalue weighted by Gasteiger charge is 2.52. The smallest absolute Gasteiger partial charge is 0.163 e. The minimum atomic E-state index is -0.490. The first kappa shape index (κ1) is 12.9. The molecule has 4 heteroatoms. The molecular weight excluding hydrogens is 242 g/mol. The van der Waals surface area contributed by atoms with Crippen molar-refractivity contribution in [2.45, 2.75) is 50.8 Å². The van der Waals surface area contributed by atoms with Gasteiger partial charge in [-0.1, -0.05) is 12.1 Å². The zero-order valence-electron chi connectivity index (χ0n) is 11.8. The number of rotatable bonds is 2. The summed E-state index contributed by atoms with van der Waals surface area (Å²) in [5, 5.41) is 3.56. The van der Waals surface area contributed by atoms with Gasteiger partial charge in [0, 0.05) is 6.04 Å². The quantitative estimate of drug-likeness (QED) is 0.888. The molecule has 2 aliphatic rings. The van der Waals surface area contributed by atoms with Gasteiger partial charge in [-0.25, -0.2) is 0 Å². The number of nitrogens with one attached hydrogen (secondary N) is 1. The summed E-state index contributed by atoms with van der Waals surface area (Å²) in [7, 11) is 1.68. The van der Waals surface area contributed by atoms with Crippen LogP contribution in [0.1, 0.15) is 32.4 Å². The first-order chi connectivity index (χ1) is 9.00. The van der Waals surface area contributed by atoms with Crippen LogP contribution in [0.5, 0.6) is 5.75 Å². The van der Waals surface area contributed by atoms with Crippen LogP contribution >= 0.6 is 0 Å². The molecule has 0 spiro atoms. The van der Waals surface area contributed by atoms with Gasteiger partial charge in [-0.3, -0.25) is 0 Å². The van der Waals surface area contributed by atoms with Crippen molar-refractivity contribution >= 4 is 0 Å². The molecule has 0 unspecified atom stereocenters. The minimum Gasteiger partial charge on any atom is -0.497 e. The normalized spacial score (nSPS) is 36.2. The van der Waals surface area contributed by atoms with Crippen molar-refractivity contribution in [1.29, 1.82) is 0 Å². The minimum absolute atomic E-state index is 0.0680. The Balaban J connectivity index is 1.84. The molecule has 0 saturated carbocycles. The third-order valence-electron chi connectivity index (χ3n) is 3.90. The average molecular weight is 263 g/mol. The van der Waals surface area contributed by atoms with Crippen LogP contribution in [0.4, 0.5) is 0 Å². The third kappa shape index (κ3) is 2.24. The van der Waals surface area contributed by atoms with Crippen LogP contribution in [-0.4, -0.2) is 31.1 Å². The summed E-state index contributed by atoms with van der Waals surface area (Å²) in [5.74, 6) is 0.381. The average Bonchev–Trinajstić information content (AvgIpc) is 2.85. The highest BCUT2D eigenvalue weighted by atomic mass is 16.8. The fourth-order valence-corrected chi connectivity index (χ4v) is 3.03. The summed E-state index contributed by atoms with van der Waals surface area (Å²) in [6.07, 6.45) is 0.181. The third-order valence-corrected chi connectivity index (χ3v) is 3.90. The van der Waals surface area contributed by atoms with Crippen LogP contribution < -0.4 is 10.1 Å². The highest BCUT2D eigenvalue weighted by Crippen LogP contribution is 2.41. The lowest BCUT2D eigenvalue weighted by molar-refractivity contribution is -0.156. The summed E-state index contributed by atoms with van der Waals surface area (Å²) in [5.41, 5.74) is 1.21. The van der Waals surface area contributed by atoms with Crippen LogP contribution in [0.15, 0.2) is 24.3 Å². The molecule has 4 nitrogen and oxygen atoms in total. The van der Waals surface area contributed by atoms with E-state index in [0.29, 0.717) is 6.04 Å². The van der Waals surface area contributed by atoms with Crippen LogP contribution in [0.3, 0.4) is 0 Å². The van der Waals surface area contributed by atoms with Crippen molar-refractivity contribution in [1.82, 2.24) is 5.32 Å². The van der Waals surface area contributed by atoms with E-state index in [1.807, 2.05) is 26.0 Å². The molecule has 0 aliphatic carbocycles. The summed E-state index contributed by atoms with van der Waals surface area (Å²) in [4.78, 5) is 0. The van der Waals surface area contributed by atoms with E-state index in [-0.39, 0.29) is 18.2 Å². The second kappa shape index (κ2) is 4.47. The standard InChI is InChI=1S/C15H21NO3/c1-9-13-14(19-15(2,3)18-13)12(16-9)10-5-7-11(17-4)8-6-10/h5-9,12-14,16H,1-4H3/t9-,12-,13+,14-/m0/s1. The maximum absolute atomic E-state index is 6.05. The molecule has 2 fully saturated rings. The van der Waals surface area contributed by atoms with Gasteiger partial charge < -0.3 is 19.5 Å². The van der Waals surface area contributed by atoms with Crippen molar-refractivity contribution in [3.8, 4) is 5.75 Å². The van der Waals surface area contributed by atoms with Gasteiger partial charge >= 0.3 is 0 Å². The van der Waals surface area contributed by atoms with E-state index < -0.39 is 5.79 Å². The van der Waals surface area contributed by atoms with E-state index in [1.54, 1.807) is 7.11 Å². The topological polar surface area (TPSA) is 39.7 Å². The van der Waals surface area contributed by atoms with E-state index >= 15 is 0 Å². The number of hydrogen-bond donors (Lipinski definition) is 1. The molecule has 19 heavy (non-hydrogen) atoms. The first-order valence-corrected chi connectivity index (χ1v) is 6.76. The Morgan fingerprint density at radius 1 is 1.11 bits per heavy atom. The second-order valence-electron chi connectivity index (χ2n) is 5.77. The lowest BCUT2D eigenvalue weighted by atomic mass is 10.0. The Morgan fingerprint density at radius 3 is 2.37 bits per heavy atom. The van der Waals surface area contributed by atoms with Crippen molar-refractivity contribution in [2.24, 2.45) is 0 Å². The molecule has 2 aliphatic heterocycles. The maximum Gasteiger partial charge on any atom is 0.163 e. The Labute approximate surface area is 114 Å². The molecule has 2 heterocycles. The van der Waals surface area contributed by atoms with Crippen molar-refractivity contribution in [3.63, 3.8) is 0 Å². The summed E-state index contributed by atoms with van der Waals surface area (Å²) in [6.45, 7) is 6.10. The van der Waals surface area contributed by atoms with Crippen LogP contribution in [0.2, 0.25) is 0 Å². The summed E-state index contributed by atoms with van der Waals surface area (Å²) < 4.78 is 17.2. The Hall–Kier alpha value is -1.10. The molecule has 0 amide bonds. The first-order valence-electron chi connectivity index (χ1n) is 6.76. The SMILES string of the molecule is COc1ccc([C@@H]2N[C@@H](C)[C@H]3OC(C)(C)O[C@H]32)cc1. The van der Waals surface area contributed by atoms with Gasteiger partial charge in [-0.05, 0) is 38.5 Å². The van der Waals surface area contributed by atoms with Crippen LogP contribution in [0.25, 0.3) is 0 Å². The van der Waals surface area contributed by atoms with Gasteiger partial charge in [0.05, 0.1) is 13.2 Å². The van der Waals surface area contributed by atoms with E-state index in [2.05, 4.69) is 24.4 Å². The van der Waals surface area contributed by atoms with Gasteiger partial charge in [-0.2, -0.15) is 0 Å². The van der Waals surface area contributed by atoms with Crippen molar-refractivity contribution < 1.29 is 14.2 Å². The van der Waals surface area contributed by atoms with Gasteiger partial charge in [0.2, 0.25) is 0 Å². The molecule has 0 aromatic heterocycles. The largest absolute Gasteiger partial charge is 0.497 e. The number of hydrogen-bond acceptors (Lipinski definition) is 4. The Kier molecular flexibility index (Phi) is 3.04. The molecule has 3 rings (SSSR count). The van der Waals surface area contributed by atoms with Gasteiger partial charge in [0.15, 0.2) is 5.79 Å². The van der Waals surface area contributed by atoms with Gasteiger partial charge in [0.1, 0.15) is 18.0 Å². The zero-order chi connectivity index (χ0) is 13.6. The van der Waals surface area contributed by atoms with Crippen molar-refractivity contribution in [2.75, 3.05) is 7.11 Å². The van der Waals surface area contributed by atoms with E-state index in [0.717, 1.165) is 5.75 Å². The molecule has 0 radical (unpaired) electrons. The number of fused-ring (bicyclic) bond motifs is 1. The fraction of sp³-hybridized carbons (Fsp3) is 0.600. The zero-order valence-corrected chi connectivity index (χ0v) is 11.8. The Bertz CT molecular complexity index is 457. The number of benzene rings is 1. The summed E-state index contributed by atoms with van der Waals surface area (Å²) >= 11 is 0. The van der Waals surface area contributed by atoms with Crippen LogP contribution in [-0.2, 0) is 9.47 Å². The molecule has 4 atom stereocenters. The second-order valence-corrected chi connectivity index (χ2v) is 5.77. The number of methoxy groups -OCH3 is 1. The summed E-state index contributed by atoms with van der Waals surface area (Å²) in [6, 6.07) is 8.60. The molecule has 0 bridgehead atoms. The molecule has 104 valence electrons. The lowest BCUT2D eigenvalue weighted by Crippen LogP contribution is -2.33.